The van der Waals surface area contributed by atoms with Gasteiger partial charge in [0.25, 0.3) is 0 Å². The van der Waals surface area contributed by atoms with E-state index in [0.29, 0.717) is 18.5 Å². The molecule has 0 fully saturated rings. The number of nitrogens with one attached hydrogen (secondary N) is 3. The number of likely N-dealkylation sites (N-methyl/N-ethyl adjacent to an activating group) is 1. The van der Waals surface area contributed by atoms with E-state index >= 15 is 0 Å². The van der Waals surface area contributed by atoms with Gasteiger partial charge in [-0.1, -0.05) is 6.07 Å². The molecule has 0 radical (unpaired) electrons. The van der Waals surface area contributed by atoms with Crippen LogP contribution in [-0.4, -0.2) is 34.0 Å². The maximum absolute atomic E-state index is 11.6. The van der Waals surface area contributed by atoms with E-state index < -0.39 is 17.0 Å². The molecule has 0 atom stereocenters. The van der Waals surface area contributed by atoms with Gasteiger partial charge in [0.15, 0.2) is 0 Å². The Bertz CT molecular complexity index is 753. The molecule has 2 rings (SSSR count). The van der Waals surface area contributed by atoms with Crippen LogP contribution in [0.1, 0.15) is 15.2 Å². The Hall–Kier alpha value is -1.37. The monoisotopic (exact) mass is 284 g/mol. The quantitative estimate of drug-likeness (QED) is 0.740. The van der Waals surface area contributed by atoms with Crippen LogP contribution in [0.2, 0.25) is 0 Å². The molecule has 2 aromatic rings. The summed E-state index contributed by atoms with van der Waals surface area (Å²) in [6.07, 6.45) is 2.36. The lowest BCUT2D eigenvalue weighted by Crippen LogP contribution is -2.20. The molecule has 1 heterocycles. The molecule has 6 heteroatoms. The van der Waals surface area contributed by atoms with Crippen molar-refractivity contribution in [1.82, 2.24) is 15.0 Å². The smallest absolute Gasteiger partial charge is 0.215 e. The zero-order valence-corrected chi connectivity index (χ0v) is 11.5. The molecule has 0 saturated carbocycles. The second-order valence-corrected chi connectivity index (χ2v) is 6.26. The van der Waals surface area contributed by atoms with Crippen molar-refractivity contribution in [3.8, 4) is 0 Å². The SMILES string of the molecule is [2H]C([2H])([2H])NCCc1c[nH]c2ccc(CS(=O)(=O)NC)cc12. The van der Waals surface area contributed by atoms with Crippen molar-refractivity contribution in [2.45, 2.75) is 12.2 Å². The van der Waals surface area contributed by atoms with Crippen LogP contribution in [0.3, 0.4) is 0 Å². The van der Waals surface area contributed by atoms with Crippen LogP contribution in [-0.2, 0) is 22.2 Å². The molecule has 0 aliphatic carbocycles. The van der Waals surface area contributed by atoms with Gasteiger partial charge in [-0.3, -0.25) is 0 Å². The first-order valence-electron chi connectivity index (χ1n) is 7.45. The number of H-pyrrole nitrogens is 1. The van der Waals surface area contributed by atoms with Crippen LogP contribution >= 0.6 is 0 Å². The third-order valence-electron chi connectivity index (χ3n) is 3.02. The molecule has 19 heavy (non-hydrogen) atoms. The highest BCUT2D eigenvalue weighted by atomic mass is 32.2. The van der Waals surface area contributed by atoms with Crippen molar-refractivity contribution >= 4 is 20.9 Å². The molecule has 0 aliphatic heterocycles. The van der Waals surface area contributed by atoms with Crippen LogP contribution < -0.4 is 10.0 Å². The topological polar surface area (TPSA) is 74.0 Å². The Balaban J connectivity index is 2.18. The maximum Gasteiger partial charge on any atom is 0.215 e. The highest BCUT2D eigenvalue weighted by Gasteiger charge is 2.10. The average molecular weight is 284 g/mol. The van der Waals surface area contributed by atoms with Crippen molar-refractivity contribution in [2.24, 2.45) is 0 Å². The Morgan fingerprint density at radius 1 is 1.42 bits per heavy atom. The van der Waals surface area contributed by atoms with Crippen molar-refractivity contribution in [2.75, 3.05) is 20.6 Å². The first kappa shape index (κ1) is 10.4. The third-order valence-corrected chi connectivity index (χ3v) is 4.35. The van der Waals surface area contributed by atoms with Gasteiger partial charge >= 0.3 is 0 Å². The fourth-order valence-electron chi connectivity index (χ4n) is 2.01. The normalized spacial score (nSPS) is 15.1. The van der Waals surface area contributed by atoms with Gasteiger partial charge in [0.2, 0.25) is 10.0 Å². The summed E-state index contributed by atoms with van der Waals surface area (Å²) in [5.41, 5.74) is 2.54. The second-order valence-electron chi connectivity index (χ2n) is 4.33. The summed E-state index contributed by atoms with van der Waals surface area (Å²) in [5.74, 6) is -0.0857. The van der Waals surface area contributed by atoms with Crippen LogP contribution in [0.25, 0.3) is 10.9 Å². The largest absolute Gasteiger partial charge is 0.361 e. The van der Waals surface area contributed by atoms with E-state index in [2.05, 4.69) is 15.0 Å². The minimum absolute atomic E-state index is 0.0857. The van der Waals surface area contributed by atoms with Gasteiger partial charge in [0.05, 0.1) is 5.75 Å². The number of hydrogen-bond donors (Lipinski definition) is 3. The lowest BCUT2D eigenvalue weighted by atomic mass is 10.1. The lowest BCUT2D eigenvalue weighted by molar-refractivity contribution is 0.587. The van der Waals surface area contributed by atoms with E-state index in [0.717, 1.165) is 16.5 Å². The summed E-state index contributed by atoms with van der Waals surface area (Å²) >= 11 is 0. The van der Waals surface area contributed by atoms with E-state index in [1.54, 1.807) is 6.07 Å². The fraction of sp³-hybridized carbons (Fsp3) is 0.385. The number of aromatic amines is 1. The summed E-state index contributed by atoms with van der Waals surface area (Å²) in [6, 6.07) is 5.42. The Labute approximate surface area is 117 Å². The van der Waals surface area contributed by atoms with E-state index in [4.69, 9.17) is 4.11 Å². The zero-order chi connectivity index (χ0) is 16.4. The Morgan fingerprint density at radius 2 is 2.26 bits per heavy atom. The minimum atomic E-state index is -3.32. The highest BCUT2D eigenvalue weighted by molar-refractivity contribution is 7.88. The predicted molar refractivity (Wildman–Crippen MR) is 77.6 cm³/mol. The predicted octanol–water partition coefficient (Wildman–Crippen LogP) is 0.979. The first-order chi connectivity index (χ1) is 10.2. The molecule has 0 aliphatic rings. The van der Waals surface area contributed by atoms with Crippen LogP contribution in [0.5, 0.6) is 0 Å². The second kappa shape index (κ2) is 5.73. The third kappa shape index (κ3) is 3.34. The number of hydrogen-bond acceptors (Lipinski definition) is 3. The molecule has 5 nitrogen and oxygen atoms in total. The maximum atomic E-state index is 11.6. The standard InChI is InChI=1S/C13H19N3O2S/c1-14-6-5-11-8-16-13-4-3-10(7-12(11)13)9-19(17,18)15-2/h3-4,7-8,14-16H,5-6,9H2,1-2H3/i1D3. The Morgan fingerprint density at radius 3 is 3.00 bits per heavy atom. The van der Waals surface area contributed by atoms with E-state index in [9.17, 15) is 8.42 Å². The van der Waals surface area contributed by atoms with Crippen LogP contribution in [0.4, 0.5) is 0 Å². The fourth-order valence-corrected chi connectivity index (χ4v) is 2.77. The lowest BCUT2D eigenvalue weighted by Gasteiger charge is -2.04. The van der Waals surface area contributed by atoms with Gasteiger partial charge in [-0.15, -0.1) is 0 Å². The summed E-state index contributed by atoms with van der Waals surface area (Å²) in [5, 5.41) is 3.38. The van der Waals surface area contributed by atoms with Gasteiger partial charge in [-0.25, -0.2) is 13.1 Å². The zero-order valence-electron chi connectivity index (χ0n) is 13.7. The summed E-state index contributed by atoms with van der Waals surface area (Å²) in [6.45, 7) is -1.83. The molecule has 1 aromatic carbocycles. The molecule has 0 bridgehead atoms. The average Bonchev–Trinajstić information content (AvgIpc) is 2.80. The van der Waals surface area contributed by atoms with Gasteiger partial charge < -0.3 is 10.3 Å². The van der Waals surface area contributed by atoms with E-state index in [1.807, 2.05) is 18.3 Å². The van der Waals surface area contributed by atoms with Gasteiger partial charge in [-0.2, -0.15) is 0 Å². The van der Waals surface area contributed by atoms with Crippen molar-refractivity contribution in [3.63, 3.8) is 0 Å². The number of sulfonamides is 1. The van der Waals surface area contributed by atoms with Crippen molar-refractivity contribution in [3.05, 3.63) is 35.5 Å². The molecule has 1 aromatic heterocycles. The van der Waals surface area contributed by atoms with E-state index in [-0.39, 0.29) is 5.75 Å². The molecule has 0 amide bonds. The number of aromatic nitrogens is 1. The molecule has 104 valence electrons. The summed E-state index contributed by atoms with van der Waals surface area (Å²) < 4.78 is 46.9. The van der Waals surface area contributed by atoms with Crippen molar-refractivity contribution < 1.29 is 12.5 Å². The molecule has 0 unspecified atom stereocenters. The molecule has 0 spiro atoms. The van der Waals surface area contributed by atoms with Gasteiger partial charge in [0, 0.05) is 21.2 Å². The Kier molecular flexibility index (Phi) is 3.14. The molecule has 3 N–H and O–H groups in total. The molecular weight excluding hydrogens is 262 g/mol. The van der Waals surface area contributed by atoms with E-state index in [1.165, 1.54) is 7.05 Å². The summed E-state index contributed by atoms with van der Waals surface area (Å²) in [4.78, 5) is 3.11. The van der Waals surface area contributed by atoms with Gasteiger partial charge in [-0.05, 0) is 50.2 Å². The first-order valence-corrected chi connectivity index (χ1v) is 7.60. The summed E-state index contributed by atoms with van der Waals surface area (Å²) in [7, 11) is -1.94. The highest BCUT2D eigenvalue weighted by Crippen LogP contribution is 2.21. The van der Waals surface area contributed by atoms with Crippen LogP contribution in [0.15, 0.2) is 24.4 Å². The van der Waals surface area contributed by atoms with Crippen LogP contribution in [0, 0.1) is 0 Å². The van der Waals surface area contributed by atoms with Crippen molar-refractivity contribution in [1.29, 1.82) is 0 Å². The number of benzene rings is 1. The molecule has 0 saturated heterocycles. The van der Waals surface area contributed by atoms with Gasteiger partial charge in [0.1, 0.15) is 0 Å². The number of fused-ring (bicyclic) bond motifs is 1. The number of rotatable bonds is 6. The minimum Gasteiger partial charge on any atom is -0.361 e. The molecular formula is C13H19N3O2S.